The molecule has 1 aliphatic rings. The minimum absolute atomic E-state index is 0.317. The van der Waals surface area contributed by atoms with Gasteiger partial charge in [-0.15, -0.1) is 0 Å². The number of aromatic nitrogens is 3. The molecule has 0 aliphatic carbocycles. The molecule has 3 aromatic heterocycles. The van der Waals surface area contributed by atoms with Crippen LogP contribution >= 0.6 is 0 Å². The summed E-state index contributed by atoms with van der Waals surface area (Å²) >= 11 is 0. The Morgan fingerprint density at radius 1 is 0.939 bits per heavy atom. The number of hydrogen-bond donors (Lipinski definition) is 1. The Balaban J connectivity index is 1.90. The van der Waals surface area contributed by atoms with Crippen molar-refractivity contribution in [3.05, 3.63) is 105 Å². The molecule has 0 saturated carbocycles. The fourth-order valence-corrected chi connectivity index (χ4v) is 4.95. The van der Waals surface area contributed by atoms with Crippen LogP contribution in [0.5, 0.6) is 0 Å². The van der Waals surface area contributed by atoms with Crippen molar-refractivity contribution in [1.82, 2.24) is 13.7 Å². The van der Waals surface area contributed by atoms with Crippen LogP contribution in [0.2, 0.25) is 0 Å². The SMILES string of the molecule is Cc1cccc(-c2c3c(=O)n(C)c(=O)n(C)c3c3n2-c2ccccc2NC3c2ccco2)c1. The summed E-state index contributed by atoms with van der Waals surface area (Å²) in [5.74, 6) is 0.703. The molecule has 0 bridgehead atoms. The number of furan rings is 1. The molecule has 164 valence electrons. The first-order valence-electron chi connectivity index (χ1n) is 10.8. The van der Waals surface area contributed by atoms with Crippen LogP contribution in [0.1, 0.15) is 23.1 Å². The summed E-state index contributed by atoms with van der Waals surface area (Å²) in [5, 5.41) is 4.08. The summed E-state index contributed by atoms with van der Waals surface area (Å²) in [6.07, 6.45) is 1.63. The van der Waals surface area contributed by atoms with E-state index in [2.05, 4.69) is 16.0 Å². The standard InChI is InChI=1S/C26H22N4O3/c1-15-8-6-9-16(14-15)22-20-23(28(2)26(32)29(3)25(20)31)24-21(19-12-7-13-33-19)27-17-10-4-5-11-18(17)30(22)24/h4-14,21,27H,1-3H3. The third-order valence-electron chi connectivity index (χ3n) is 6.45. The summed E-state index contributed by atoms with van der Waals surface area (Å²) < 4.78 is 10.7. The molecule has 0 fully saturated rings. The molecule has 0 radical (unpaired) electrons. The van der Waals surface area contributed by atoms with Crippen LogP contribution in [0.3, 0.4) is 0 Å². The fourth-order valence-electron chi connectivity index (χ4n) is 4.95. The summed E-state index contributed by atoms with van der Waals surface area (Å²) in [5.41, 5.74) is 5.32. The van der Waals surface area contributed by atoms with Gasteiger partial charge in [0.1, 0.15) is 11.8 Å². The van der Waals surface area contributed by atoms with Gasteiger partial charge < -0.3 is 14.3 Å². The average Bonchev–Trinajstić information content (AvgIpc) is 3.48. The largest absolute Gasteiger partial charge is 0.467 e. The van der Waals surface area contributed by atoms with Crippen LogP contribution in [0.15, 0.2) is 80.9 Å². The summed E-state index contributed by atoms with van der Waals surface area (Å²) in [6.45, 7) is 2.03. The van der Waals surface area contributed by atoms with Crippen molar-refractivity contribution in [2.75, 3.05) is 5.32 Å². The number of aryl methyl sites for hydroxylation is 2. The zero-order valence-electron chi connectivity index (χ0n) is 18.5. The molecule has 7 heteroatoms. The second-order valence-corrected chi connectivity index (χ2v) is 8.48. The molecule has 1 aliphatic heterocycles. The van der Waals surface area contributed by atoms with Crippen LogP contribution in [-0.2, 0) is 14.1 Å². The number of nitrogens with one attached hydrogen (secondary N) is 1. The molecular formula is C26H22N4O3. The van der Waals surface area contributed by atoms with Crippen molar-refractivity contribution >= 4 is 16.6 Å². The van der Waals surface area contributed by atoms with E-state index in [1.54, 1.807) is 17.9 Å². The molecule has 7 nitrogen and oxygen atoms in total. The van der Waals surface area contributed by atoms with Gasteiger partial charge in [-0.2, -0.15) is 0 Å². The average molecular weight is 438 g/mol. The van der Waals surface area contributed by atoms with Crippen molar-refractivity contribution in [2.24, 2.45) is 14.1 Å². The lowest BCUT2D eigenvalue weighted by molar-refractivity contribution is 0.492. The molecule has 0 spiro atoms. The molecule has 33 heavy (non-hydrogen) atoms. The second-order valence-electron chi connectivity index (χ2n) is 8.48. The highest BCUT2D eigenvalue weighted by Gasteiger charge is 2.35. The van der Waals surface area contributed by atoms with E-state index in [1.807, 2.05) is 61.5 Å². The van der Waals surface area contributed by atoms with Gasteiger partial charge in [0.25, 0.3) is 5.56 Å². The van der Waals surface area contributed by atoms with E-state index in [4.69, 9.17) is 4.42 Å². The van der Waals surface area contributed by atoms with Gasteiger partial charge in [-0.1, -0.05) is 35.9 Å². The summed E-state index contributed by atoms with van der Waals surface area (Å²) in [6, 6.07) is 19.4. The lowest BCUT2D eigenvalue weighted by atomic mass is 10.1. The van der Waals surface area contributed by atoms with Gasteiger partial charge in [0.15, 0.2) is 0 Å². The predicted octanol–water partition coefficient (Wildman–Crippen LogP) is 4.11. The highest BCUT2D eigenvalue weighted by atomic mass is 16.3. The van der Waals surface area contributed by atoms with Crippen LogP contribution in [0.25, 0.3) is 27.8 Å². The van der Waals surface area contributed by atoms with Gasteiger partial charge in [-0.25, -0.2) is 4.79 Å². The number of fused-ring (bicyclic) bond motifs is 5. The molecule has 1 unspecified atom stereocenters. The molecule has 4 heterocycles. The van der Waals surface area contributed by atoms with Crippen molar-refractivity contribution in [2.45, 2.75) is 13.0 Å². The third-order valence-corrected chi connectivity index (χ3v) is 6.45. The van der Waals surface area contributed by atoms with Crippen molar-refractivity contribution in [3.8, 4) is 16.9 Å². The van der Waals surface area contributed by atoms with Crippen LogP contribution in [-0.4, -0.2) is 13.7 Å². The monoisotopic (exact) mass is 438 g/mol. The number of nitrogens with zero attached hydrogens (tertiary/aromatic N) is 3. The first-order chi connectivity index (χ1) is 16.0. The van der Waals surface area contributed by atoms with Crippen molar-refractivity contribution in [3.63, 3.8) is 0 Å². The molecule has 1 N–H and O–H groups in total. The van der Waals surface area contributed by atoms with Gasteiger partial charge in [-0.3, -0.25) is 13.9 Å². The molecule has 5 aromatic rings. The summed E-state index contributed by atoms with van der Waals surface area (Å²) in [7, 11) is 3.24. The van der Waals surface area contributed by atoms with Crippen molar-refractivity contribution < 1.29 is 4.42 Å². The molecule has 2 aromatic carbocycles. The van der Waals surface area contributed by atoms with E-state index in [0.29, 0.717) is 16.7 Å². The number of rotatable bonds is 2. The highest BCUT2D eigenvalue weighted by Crippen LogP contribution is 2.45. The van der Waals surface area contributed by atoms with Crippen LogP contribution in [0.4, 0.5) is 5.69 Å². The quantitative estimate of drug-likeness (QED) is 0.450. The maximum Gasteiger partial charge on any atom is 0.331 e. The van der Waals surface area contributed by atoms with Gasteiger partial charge in [-0.05, 0) is 42.8 Å². The maximum atomic E-state index is 13.6. The molecule has 0 saturated heterocycles. The Morgan fingerprint density at radius 3 is 2.52 bits per heavy atom. The predicted molar refractivity (Wildman–Crippen MR) is 128 cm³/mol. The Bertz CT molecular complexity index is 1670. The Kier molecular flexibility index (Phi) is 4.04. The van der Waals surface area contributed by atoms with Crippen LogP contribution < -0.4 is 16.6 Å². The lowest BCUT2D eigenvalue weighted by Crippen LogP contribution is -2.37. The topological polar surface area (TPSA) is 74.1 Å². The second kappa shape index (κ2) is 6.87. The van der Waals surface area contributed by atoms with Gasteiger partial charge in [0, 0.05) is 14.1 Å². The van der Waals surface area contributed by atoms with Gasteiger partial charge in [0.2, 0.25) is 0 Å². The highest BCUT2D eigenvalue weighted by molar-refractivity contribution is 5.99. The smallest absolute Gasteiger partial charge is 0.331 e. The van der Waals surface area contributed by atoms with Gasteiger partial charge >= 0.3 is 5.69 Å². The van der Waals surface area contributed by atoms with Crippen molar-refractivity contribution in [1.29, 1.82) is 0 Å². The summed E-state index contributed by atoms with van der Waals surface area (Å²) in [4.78, 5) is 26.6. The normalized spacial score (nSPS) is 14.7. The zero-order valence-corrected chi connectivity index (χ0v) is 18.5. The minimum atomic E-state index is -0.381. The number of para-hydroxylation sites is 2. The van der Waals surface area contributed by atoms with Crippen LogP contribution in [0, 0.1) is 6.92 Å². The maximum absolute atomic E-state index is 13.6. The Hall–Kier alpha value is -4.26. The van der Waals surface area contributed by atoms with E-state index < -0.39 is 0 Å². The third kappa shape index (κ3) is 2.62. The number of hydrogen-bond acceptors (Lipinski definition) is 4. The number of anilines is 1. The van der Waals surface area contributed by atoms with Gasteiger partial charge in [0.05, 0.1) is 39.9 Å². The zero-order chi connectivity index (χ0) is 22.9. The minimum Gasteiger partial charge on any atom is -0.467 e. The van der Waals surface area contributed by atoms with E-state index in [-0.39, 0.29) is 17.3 Å². The molecule has 6 rings (SSSR count). The van der Waals surface area contributed by atoms with E-state index >= 15 is 0 Å². The first kappa shape index (κ1) is 19.4. The van der Waals surface area contributed by atoms with E-state index in [1.165, 1.54) is 11.6 Å². The fraction of sp³-hybridized carbons (Fsp3) is 0.154. The Morgan fingerprint density at radius 2 is 1.76 bits per heavy atom. The number of benzene rings is 2. The molecule has 0 amide bonds. The lowest BCUT2D eigenvalue weighted by Gasteiger charge is -2.29. The Labute approximate surface area is 189 Å². The van der Waals surface area contributed by atoms with E-state index in [9.17, 15) is 9.59 Å². The molecule has 1 atom stereocenters. The first-order valence-corrected chi connectivity index (χ1v) is 10.8. The molecular weight excluding hydrogens is 416 g/mol. The van der Waals surface area contributed by atoms with E-state index in [0.717, 1.165) is 33.9 Å².